The van der Waals surface area contributed by atoms with Gasteiger partial charge < -0.3 is 4.74 Å². The maximum Gasteiger partial charge on any atom is 0.310 e. The van der Waals surface area contributed by atoms with Crippen LogP contribution in [0.1, 0.15) is 23.6 Å². The Kier molecular flexibility index (Phi) is 5.33. The molecule has 0 aliphatic carbocycles. The van der Waals surface area contributed by atoms with Crippen molar-refractivity contribution >= 4 is 21.6 Å². The molecule has 0 bridgehead atoms. The summed E-state index contributed by atoms with van der Waals surface area (Å²) in [5.74, 6) is 0.302. The first-order valence-corrected chi connectivity index (χ1v) is 7.80. The van der Waals surface area contributed by atoms with Crippen LogP contribution in [0.2, 0.25) is 0 Å². The fourth-order valence-corrected chi connectivity index (χ4v) is 2.29. The van der Waals surface area contributed by atoms with E-state index >= 15 is 0 Å². The first-order valence-electron chi connectivity index (χ1n) is 6.68. The Hall–Kier alpha value is -1.88. The zero-order chi connectivity index (χ0) is 15.2. The van der Waals surface area contributed by atoms with Crippen LogP contribution in [0.5, 0.6) is 5.75 Å². The molecule has 2 aromatic carbocycles. The third-order valence-corrected chi connectivity index (χ3v) is 3.85. The molecule has 0 saturated carbocycles. The topological polar surface area (TPSA) is 52.4 Å². The van der Waals surface area contributed by atoms with Gasteiger partial charge in [-0.25, -0.2) is 0 Å². The average Bonchev–Trinajstić information content (AvgIpc) is 2.52. The first kappa shape index (κ1) is 15.5. The molecule has 0 atom stereocenters. The van der Waals surface area contributed by atoms with Crippen molar-refractivity contribution < 1.29 is 9.66 Å². The predicted molar refractivity (Wildman–Crippen MR) is 85.9 cm³/mol. The van der Waals surface area contributed by atoms with Gasteiger partial charge in [0.25, 0.3) is 0 Å². The molecule has 0 saturated heterocycles. The summed E-state index contributed by atoms with van der Waals surface area (Å²) in [6.45, 7) is 2.41. The monoisotopic (exact) mass is 349 g/mol. The van der Waals surface area contributed by atoms with E-state index < -0.39 is 4.92 Å². The van der Waals surface area contributed by atoms with Crippen LogP contribution in [0, 0.1) is 10.1 Å². The molecule has 0 unspecified atom stereocenters. The normalized spacial score (nSPS) is 10.4. The molecule has 0 N–H and O–H groups in total. The first-order chi connectivity index (χ1) is 10.1. The molecule has 0 aliphatic heterocycles. The molecule has 0 amide bonds. The Morgan fingerprint density at radius 2 is 1.71 bits per heavy atom. The number of ether oxygens (including phenoxy) is 1. The standard InChI is InChI=1S/C16H16BrNO3/c1-2-12-3-5-13(6-4-12)11-21-16-9-14(10-17)7-8-15(16)18(19)20/h3-9H,2,10-11H2,1H3. The third-order valence-electron chi connectivity index (χ3n) is 3.20. The van der Waals surface area contributed by atoms with E-state index in [-0.39, 0.29) is 5.69 Å². The van der Waals surface area contributed by atoms with Crippen molar-refractivity contribution in [1.82, 2.24) is 0 Å². The number of aryl methyl sites for hydroxylation is 1. The minimum atomic E-state index is -0.423. The fourth-order valence-electron chi connectivity index (χ4n) is 1.94. The summed E-state index contributed by atoms with van der Waals surface area (Å²) in [4.78, 5) is 10.6. The van der Waals surface area contributed by atoms with Gasteiger partial charge in [-0.15, -0.1) is 0 Å². The van der Waals surface area contributed by atoms with Gasteiger partial charge in [0.15, 0.2) is 5.75 Å². The van der Waals surface area contributed by atoms with Crippen molar-refractivity contribution in [3.8, 4) is 5.75 Å². The molecule has 0 aromatic heterocycles. The number of benzene rings is 2. The number of alkyl halides is 1. The van der Waals surface area contributed by atoms with Gasteiger partial charge in [0.05, 0.1) is 4.92 Å². The lowest BCUT2D eigenvalue weighted by Gasteiger charge is -2.08. The van der Waals surface area contributed by atoms with Crippen LogP contribution in [0.15, 0.2) is 42.5 Å². The largest absolute Gasteiger partial charge is 0.482 e. The van der Waals surface area contributed by atoms with Crippen LogP contribution in [-0.2, 0) is 18.4 Å². The molecular formula is C16H16BrNO3. The predicted octanol–water partition coefficient (Wildman–Crippen LogP) is 4.63. The molecule has 21 heavy (non-hydrogen) atoms. The summed E-state index contributed by atoms with van der Waals surface area (Å²) in [5, 5.41) is 11.7. The minimum Gasteiger partial charge on any atom is -0.482 e. The number of halogens is 1. The lowest BCUT2D eigenvalue weighted by molar-refractivity contribution is -0.386. The van der Waals surface area contributed by atoms with Crippen LogP contribution >= 0.6 is 15.9 Å². The smallest absolute Gasteiger partial charge is 0.310 e. The van der Waals surface area contributed by atoms with Crippen molar-refractivity contribution in [2.45, 2.75) is 25.3 Å². The van der Waals surface area contributed by atoms with Gasteiger partial charge in [-0.3, -0.25) is 10.1 Å². The maximum absolute atomic E-state index is 11.0. The maximum atomic E-state index is 11.0. The van der Waals surface area contributed by atoms with Gasteiger partial charge in [-0.2, -0.15) is 0 Å². The second-order valence-electron chi connectivity index (χ2n) is 4.65. The van der Waals surface area contributed by atoms with Crippen molar-refractivity contribution in [3.63, 3.8) is 0 Å². The zero-order valence-corrected chi connectivity index (χ0v) is 13.3. The zero-order valence-electron chi connectivity index (χ0n) is 11.7. The summed E-state index contributed by atoms with van der Waals surface area (Å²) in [6, 6.07) is 13.0. The molecule has 0 radical (unpaired) electrons. The lowest BCUT2D eigenvalue weighted by atomic mass is 10.1. The van der Waals surface area contributed by atoms with Gasteiger partial charge in [0.1, 0.15) is 6.61 Å². The molecule has 4 nitrogen and oxygen atoms in total. The molecule has 0 aliphatic rings. The van der Waals surface area contributed by atoms with Crippen LogP contribution in [0.25, 0.3) is 0 Å². The molecule has 2 aromatic rings. The highest BCUT2D eigenvalue weighted by atomic mass is 79.9. The van der Waals surface area contributed by atoms with E-state index in [4.69, 9.17) is 4.74 Å². The van der Waals surface area contributed by atoms with E-state index in [0.717, 1.165) is 17.5 Å². The van der Waals surface area contributed by atoms with Crippen LogP contribution in [0.3, 0.4) is 0 Å². The molecular weight excluding hydrogens is 334 g/mol. The van der Waals surface area contributed by atoms with Crippen molar-refractivity contribution in [2.75, 3.05) is 0 Å². The van der Waals surface area contributed by atoms with E-state index in [1.807, 2.05) is 24.3 Å². The Morgan fingerprint density at radius 1 is 1.10 bits per heavy atom. The van der Waals surface area contributed by atoms with Gasteiger partial charge in [0, 0.05) is 11.4 Å². The Morgan fingerprint density at radius 3 is 2.29 bits per heavy atom. The van der Waals surface area contributed by atoms with Crippen molar-refractivity contribution in [1.29, 1.82) is 0 Å². The summed E-state index contributed by atoms with van der Waals surface area (Å²) < 4.78 is 5.64. The number of nitrogens with zero attached hydrogens (tertiary/aromatic N) is 1. The number of hydrogen-bond donors (Lipinski definition) is 0. The summed E-state index contributed by atoms with van der Waals surface area (Å²) in [5.41, 5.74) is 3.18. The van der Waals surface area contributed by atoms with E-state index in [1.54, 1.807) is 12.1 Å². The minimum absolute atomic E-state index is 0.00937. The Balaban J connectivity index is 2.15. The highest BCUT2D eigenvalue weighted by Gasteiger charge is 2.15. The summed E-state index contributed by atoms with van der Waals surface area (Å²) in [7, 11) is 0. The lowest BCUT2D eigenvalue weighted by Crippen LogP contribution is -2.00. The van der Waals surface area contributed by atoms with Gasteiger partial charge >= 0.3 is 5.69 Å². The van der Waals surface area contributed by atoms with E-state index in [0.29, 0.717) is 17.7 Å². The third kappa shape index (κ3) is 4.04. The molecule has 110 valence electrons. The molecule has 5 heteroatoms. The summed E-state index contributed by atoms with van der Waals surface area (Å²) >= 11 is 3.34. The van der Waals surface area contributed by atoms with Gasteiger partial charge in [-0.05, 0) is 29.2 Å². The number of rotatable bonds is 6. The van der Waals surface area contributed by atoms with Crippen molar-refractivity contribution in [3.05, 3.63) is 69.3 Å². The molecule has 2 rings (SSSR count). The van der Waals surface area contributed by atoms with E-state index in [9.17, 15) is 10.1 Å². The number of nitro benzene ring substituents is 1. The molecule has 0 fully saturated rings. The Bertz CT molecular complexity index is 626. The fraction of sp³-hybridized carbons (Fsp3) is 0.250. The van der Waals surface area contributed by atoms with E-state index in [2.05, 4.69) is 22.9 Å². The second-order valence-corrected chi connectivity index (χ2v) is 5.21. The van der Waals surface area contributed by atoms with E-state index in [1.165, 1.54) is 11.6 Å². The summed E-state index contributed by atoms with van der Waals surface area (Å²) in [6.07, 6.45) is 0.986. The average molecular weight is 350 g/mol. The van der Waals surface area contributed by atoms with Crippen LogP contribution < -0.4 is 4.74 Å². The molecule has 0 heterocycles. The second kappa shape index (κ2) is 7.22. The SMILES string of the molecule is CCc1ccc(COc2cc(CBr)ccc2[N+](=O)[O-])cc1. The number of nitro groups is 1. The van der Waals surface area contributed by atoms with Gasteiger partial charge in [0.2, 0.25) is 0 Å². The molecule has 0 spiro atoms. The Labute approximate surface area is 132 Å². The van der Waals surface area contributed by atoms with Gasteiger partial charge in [-0.1, -0.05) is 53.2 Å². The van der Waals surface area contributed by atoms with Crippen LogP contribution in [0.4, 0.5) is 5.69 Å². The highest BCUT2D eigenvalue weighted by Crippen LogP contribution is 2.29. The quantitative estimate of drug-likeness (QED) is 0.434. The highest BCUT2D eigenvalue weighted by molar-refractivity contribution is 9.08. The van der Waals surface area contributed by atoms with Crippen LogP contribution in [-0.4, -0.2) is 4.92 Å². The number of hydrogen-bond acceptors (Lipinski definition) is 3. The van der Waals surface area contributed by atoms with Crippen molar-refractivity contribution in [2.24, 2.45) is 0 Å².